The van der Waals surface area contributed by atoms with Gasteiger partial charge in [-0.15, -0.1) is 11.3 Å². The third-order valence-electron chi connectivity index (χ3n) is 3.77. The number of hydrogen-bond donors (Lipinski definition) is 1. The van der Waals surface area contributed by atoms with Crippen molar-refractivity contribution in [3.05, 3.63) is 69.0 Å². The van der Waals surface area contributed by atoms with Gasteiger partial charge in [0, 0.05) is 31.7 Å². The summed E-state index contributed by atoms with van der Waals surface area (Å²) in [7, 11) is 3.38. The number of nitrogens with one attached hydrogen (secondary N) is 1. The number of carbonyl (C=O) groups is 2. The monoisotopic (exact) mass is 388 g/mol. The van der Waals surface area contributed by atoms with E-state index in [0.29, 0.717) is 22.3 Å². The minimum Gasteiger partial charge on any atom is -0.336 e. The predicted molar refractivity (Wildman–Crippen MR) is 103 cm³/mol. The van der Waals surface area contributed by atoms with E-state index in [1.807, 2.05) is 23.6 Å². The second-order valence-electron chi connectivity index (χ2n) is 5.76. The van der Waals surface area contributed by atoms with Crippen LogP contribution in [0.4, 0.5) is 5.82 Å². The molecule has 134 valence electrons. The summed E-state index contributed by atoms with van der Waals surface area (Å²) in [6.07, 6.45) is 0. The van der Waals surface area contributed by atoms with Gasteiger partial charge in [0.05, 0.1) is 4.88 Å². The first-order valence-electron chi connectivity index (χ1n) is 7.83. The Morgan fingerprint density at radius 3 is 2.65 bits per heavy atom. The number of amides is 2. The molecule has 0 saturated carbocycles. The van der Waals surface area contributed by atoms with Gasteiger partial charge in [-0.25, -0.2) is 0 Å². The fraction of sp³-hybridized carbons (Fsp3) is 0.167. The lowest BCUT2D eigenvalue weighted by Crippen LogP contribution is -2.26. The normalized spacial score (nSPS) is 10.6. The van der Waals surface area contributed by atoms with Gasteiger partial charge in [0.25, 0.3) is 11.8 Å². The minimum absolute atomic E-state index is 0.225. The molecule has 2 amide bonds. The lowest BCUT2D eigenvalue weighted by molar-refractivity contribution is 0.0778. The number of aryl methyl sites for hydroxylation is 1. The van der Waals surface area contributed by atoms with Crippen LogP contribution < -0.4 is 5.32 Å². The number of aromatic nitrogens is 2. The Kier molecular flexibility index (Phi) is 5.39. The zero-order valence-corrected chi connectivity index (χ0v) is 15.8. The Bertz CT molecular complexity index is 919. The first kappa shape index (κ1) is 18.2. The molecule has 0 atom stereocenters. The maximum atomic E-state index is 12.6. The lowest BCUT2D eigenvalue weighted by atomic mass is 10.2. The lowest BCUT2D eigenvalue weighted by Gasteiger charge is -2.15. The average Bonchev–Trinajstić information content (AvgIpc) is 3.27. The van der Waals surface area contributed by atoms with Crippen LogP contribution in [0.2, 0.25) is 5.02 Å². The molecule has 0 bridgehead atoms. The third-order valence-corrected chi connectivity index (χ3v) is 4.89. The number of halogens is 1. The van der Waals surface area contributed by atoms with Crippen molar-refractivity contribution in [2.45, 2.75) is 6.54 Å². The number of thiophene rings is 1. The molecule has 3 rings (SSSR count). The maximum absolute atomic E-state index is 12.6. The van der Waals surface area contributed by atoms with E-state index in [0.717, 1.165) is 5.56 Å². The second kappa shape index (κ2) is 7.72. The highest BCUT2D eigenvalue weighted by atomic mass is 35.5. The molecule has 0 spiro atoms. The van der Waals surface area contributed by atoms with Crippen LogP contribution in [-0.4, -0.2) is 33.5 Å². The Morgan fingerprint density at radius 2 is 2.00 bits per heavy atom. The van der Waals surface area contributed by atoms with Gasteiger partial charge in [-0.1, -0.05) is 29.8 Å². The van der Waals surface area contributed by atoms with Crippen molar-refractivity contribution >= 4 is 40.6 Å². The molecule has 6 nitrogen and oxygen atoms in total. The fourth-order valence-electron chi connectivity index (χ4n) is 2.41. The van der Waals surface area contributed by atoms with Crippen molar-refractivity contribution in [2.24, 2.45) is 7.05 Å². The van der Waals surface area contributed by atoms with Crippen LogP contribution >= 0.6 is 22.9 Å². The van der Waals surface area contributed by atoms with Gasteiger partial charge >= 0.3 is 0 Å². The summed E-state index contributed by atoms with van der Waals surface area (Å²) >= 11 is 7.23. The average molecular weight is 389 g/mol. The number of carbonyl (C=O) groups excluding carboxylic acids is 2. The van der Waals surface area contributed by atoms with Gasteiger partial charge in [-0.05, 0) is 29.1 Å². The van der Waals surface area contributed by atoms with Crippen LogP contribution in [-0.2, 0) is 13.6 Å². The van der Waals surface area contributed by atoms with E-state index in [9.17, 15) is 9.59 Å². The van der Waals surface area contributed by atoms with Crippen LogP contribution in [0, 0.1) is 0 Å². The highest BCUT2D eigenvalue weighted by Gasteiger charge is 2.18. The fourth-order valence-corrected chi connectivity index (χ4v) is 3.15. The van der Waals surface area contributed by atoms with Crippen molar-refractivity contribution < 1.29 is 9.59 Å². The van der Waals surface area contributed by atoms with Crippen molar-refractivity contribution in [3.63, 3.8) is 0 Å². The van der Waals surface area contributed by atoms with E-state index in [4.69, 9.17) is 11.6 Å². The third kappa shape index (κ3) is 4.12. The summed E-state index contributed by atoms with van der Waals surface area (Å²) in [6, 6.07) is 12.4. The molecule has 0 unspecified atom stereocenters. The Balaban J connectivity index is 1.69. The molecule has 26 heavy (non-hydrogen) atoms. The van der Waals surface area contributed by atoms with Gasteiger partial charge in [-0.3, -0.25) is 14.3 Å². The zero-order valence-electron chi connectivity index (χ0n) is 14.3. The van der Waals surface area contributed by atoms with E-state index in [2.05, 4.69) is 10.4 Å². The molecule has 2 aromatic heterocycles. The van der Waals surface area contributed by atoms with E-state index in [1.54, 1.807) is 43.3 Å². The number of anilines is 1. The molecule has 0 radical (unpaired) electrons. The first-order valence-corrected chi connectivity index (χ1v) is 9.08. The molecule has 0 saturated heterocycles. The number of hydrogen-bond acceptors (Lipinski definition) is 4. The summed E-state index contributed by atoms with van der Waals surface area (Å²) < 4.78 is 1.48. The first-order chi connectivity index (χ1) is 12.4. The smallest absolute Gasteiger partial charge is 0.274 e. The van der Waals surface area contributed by atoms with Gasteiger partial charge < -0.3 is 10.2 Å². The molecule has 2 heterocycles. The molecule has 0 aliphatic heterocycles. The quantitative estimate of drug-likeness (QED) is 0.725. The summed E-state index contributed by atoms with van der Waals surface area (Å²) in [5.41, 5.74) is 1.23. The molecule has 1 aromatic carbocycles. The summed E-state index contributed by atoms with van der Waals surface area (Å²) in [5.74, 6) is 0.00957. The SMILES string of the molecule is CN(Cc1ccc(Cl)cc1)C(=O)c1cc(NC(=O)c2cccs2)n(C)n1. The van der Waals surface area contributed by atoms with Crippen molar-refractivity contribution in [2.75, 3.05) is 12.4 Å². The van der Waals surface area contributed by atoms with Crippen LogP contribution in [0.15, 0.2) is 47.8 Å². The maximum Gasteiger partial charge on any atom is 0.274 e. The van der Waals surface area contributed by atoms with Gasteiger partial charge in [0.15, 0.2) is 5.69 Å². The standard InChI is InChI=1S/C18H17ClN4O2S/c1-22(11-12-5-7-13(19)8-6-12)18(25)14-10-16(23(2)21-14)20-17(24)15-4-3-9-26-15/h3-10H,11H2,1-2H3,(H,20,24). The van der Waals surface area contributed by atoms with E-state index in [1.165, 1.54) is 16.0 Å². The number of benzene rings is 1. The van der Waals surface area contributed by atoms with E-state index >= 15 is 0 Å². The van der Waals surface area contributed by atoms with Crippen LogP contribution in [0.3, 0.4) is 0 Å². The van der Waals surface area contributed by atoms with Crippen molar-refractivity contribution in [1.82, 2.24) is 14.7 Å². The largest absolute Gasteiger partial charge is 0.336 e. The molecular weight excluding hydrogens is 372 g/mol. The molecule has 0 aliphatic rings. The molecule has 0 fully saturated rings. The highest BCUT2D eigenvalue weighted by molar-refractivity contribution is 7.12. The highest BCUT2D eigenvalue weighted by Crippen LogP contribution is 2.16. The van der Waals surface area contributed by atoms with Crippen LogP contribution in [0.25, 0.3) is 0 Å². The van der Waals surface area contributed by atoms with Gasteiger partial charge in [0.2, 0.25) is 0 Å². The van der Waals surface area contributed by atoms with Crippen molar-refractivity contribution in [1.29, 1.82) is 0 Å². The van der Waals surface area contributed by atoms with Crippen LogP contribution in [0.5, 0.6) is 0 Å². The molecule has 3 aromatic rings. The number of rotatable bonds is 5. The Morgan fingerprint density at radius 1 is 1.27 bits per heavy atom. The number of nitrogens with zero attached hydrogens (tertiary/aromatic N) is 3. The minimum atomic E-state index is -0.229. The summed E-state index contributed by atoms with van der Waals surface area (Å²) in [4.78, 5) is 26.9. The second-order valence-corrected chi connectivity index (χ2v) is 7.14. The predicted octanol–water partition coefficient (Wildman–Crippen LogP) is 3.66. The van der Waals surface area contributed by atoms with Gasteiger partial charge in [-0.2, -0.15) is 5.10 Å². The summed E-state index contributed by atoms with van der Waals surface area (Å²) in [6.45, 7) is 0.434. The van der Waals surface area contributed by atoms with E-state index in [-0.39, 0.29) is 17.5 Å². The van der Waals surface area contributed by atoms with E-state index < -0.39 is 0 Å². The molecule has 1 N–H and O–H groups in total. The topological polar surface area (TPSA) is 67.2 Å². The van der Waals surface area contributed by atoms with Crippen molar-refractivity contribution in [3.8, 4) is 0 Å². The molecule has 8 heteroatoms. The summed E-state index contributed by atoms with van der Waals surface area (Å²) in [5, 5.41) is 9.47. The molecular formula is C18H17ClN4O2S. The molecule has 0 aliphatic carbocycles. The zero-order chi connectivity index (χ0) is 18.7. The van der Waals surface area contributed by atoms with Crippen LogP contribution in [0.1, 0.15) is 25.7 Å². The van der Waals surface area contributed by atoms with Gasteiger partial charge in [0.1, 0.15) is 5.82 Å². The Labute approximate surface area is 160 Å². The Hall–Kier alpha value is -2.64.